The Hall–Kier alpha value is -2.88. The van der Waals surface area contributed by atoms with Crippen molar-refractivity contribution in [3.05, 3.63) is 68.7 Å². The number of rotatable bonds is 4. The average molecular weight is 400 g/mol. The van der Waals surface area contributed by atoms with Crippen molar-refractivity contribution < 1.29 is 4.79 Å². The number of hydrogen-bond acceptors (Lipinski definition) is 4. The Morgan fingerprint density at radius 1 is 1.30 bits per heavy atom. The first kappa shape index (κ1) is 18.9. The maximum atomic E-state index is 11.5. The number of hydrogen-bond donors (Lipinski definition) is 1. The minimum Gasteiger partial charge on any atom is -0.366 e. The number of aryl methyl sites for hydroxylation is 1. The van der Waals surface area contributed by atoms with Crippen molar-refractivity contribution in [3.8, 4) is 17.2 Å². The molecule has 8 heteroatoms. The second-order valence-electron chi connectivity index (χ2n) is 6.06. The van der Waals surface area contributed by atoms with Gasteiger partial charge in [0.2, 0.25) is 0 Å². The van der Waals surface area contributed by atoms with Crippen molar-refractivity contribution >= 4 is 29.1 Å². The topological polar surface area (TPSA) is 97.6 Å². The fourth-order valence-corrected chi connectivity index (χ4v) is 3.37. The molecule has 2 N–H and O–H groups in total. The van der Waals surface area contributed by atoms with Gasteiger partial charge in [-0.05, 0) is 43.2 Å². The minimum absolute atomic E-state index is 0.0764. The zero-order valence-electron chi connectivity index (χ0n) is 14.6. The molecule has 6 nitrogen and oxygen atoms in total. The third kappa shape index (κ3) is 3.65. The molecule has 2 heterocycles. The van der Waals surface area contributed by atoms with E-state index in [0.29, 0.717) is 17.1 Å². The van der Waals surface area contributed by atoms with E-state index >= 15 is 0 Å². The molecule has 1 amide bonds. The predicted octanol–water partition coefficient (Wildman–Crippen LogP) is 3.89. The highest BCUT2D eigenvalue weighted by atomic mass is 35.5. The summed E-state index contributed by atoms with van der Waals surface area (Å²) in [5, 5.41) is 14.1. The summed E-state index contributed by atoms with van der Waals surface area (Å²) in [7, 11) is 0. The molecule has 0 aliphatic rings. The van der Waals surface area contributed by atoms with Crippen LogP contribution in [0.3, 0.4) is 0 Å². The molecule has 0 saturated carbocycles. The number of benzene rings is 1. The van der Waals surface area contributed by atoms with Crippen LogP contribution in [0.2, 0.25) is 10.2 Å². The van der Waals surface area contributed by atoms with Crippen LogP contribution in [0, 0.1) is 25.2 Å². The molecule has 0 bridgehead atoms. The van der Waals surface area contributed by atoms with Gasteiger partial charge in [0.25, 0.3) is 5.91 Å². The van der Waals surface area contributed by atoms with Crippen LogP contribution in [0.4, 0.5) is 0 Å². The van der Waals surface area contributed by atoms with Gasteiger partial charge in [-0.25, -0.2) is 4.98 Å². The number of halogens is 2. The Morgan fingerprint density at radius 3 is 2.67 bits per heavy atom. The third-order valence-electron chi connectivity index (χ3n) is 4.25. The molecular formula is C19H15Cl2N5O. The summed E-state index contributed by atoms with van der Waals surface area (Å²) < 4.78 is 1.81. The molecule has 0 aliphatic heterocycles. The Bertz CT molecular complexity index is 1100. The fourth-order valence-electron chi connectivity index (χ4n) is 2.95. The summed E-state index contributed by atoms with van der Waals surface area (Å²) in [5.74, 6) is -0.629. The largest absolute Gasteiger partial charge is 0.366 e. The number of carbonyl (C=O) groups excluding carboxylic acids is 1. The van der Waals surface area contributed by atoms with Gasteiger partial charge in [0, 0.05) is 17.5 Å². The van der Waals surface area contributed by atoms with Gasteiger partial charge in [-0.2, -0.15) is 10.4 Å². The lowest BCUT2D eigenvalue weighted by atomic mass is 10.0. The number of carbonyl (C=O) groups is 1. The maximum absolute atomic E-state index is 11.5. The lowest BCUT2D eigenvalue weighted by Gasteiger charge is -2.08. The number of amides is 1. The predicted molar refractivity (Wildman–Crippen MR) is 104 cm³/mol. The van der Waals surface area contributed by atoms with Crippen LogP contribution in [-0.2, 0) is 6.54 Å². The van der Waals surface area contributed by atoms with Gasteiger partial charge in [-0.1, -0.05) is 29.3 Å². The molecule has 3 aromatic rings. The molecule has 2 aromatic heterocycles. The Kier molecular flexibility index (Phi) is 5.17. The molecule has 0 radical (unpaired) electrons. The number of pyridine rings is 1. The summed E-state index contributed by atoms with van der Waals surface area (Å²) in [5.41, 5.74) is 10.3. The second-order valence-corrected chi connectivity index (χ2v) is 6.82. The van der Waals surface area contributed by atoms with Gasteiger partial charge < -0.3 is 5.73 Å². The highest BCUT2D eigenvalue weighted by Gasteiger charge is 2.16. The van der Waals surface area contributed by atoms with Crippen molar-refractivity contribution in [2.45, 2.75) is 20.4 Å². The second kappa shape index (κ2) is 7.39. The zero-order chi connectivity index (χ0) is 19.7. The summed E-state index contributed by atoms with van der Waals surface area (Å²) in [6.07, 6.45) is 1.59. The molecule has 0 spiro atoms. The minimum atomic E-state index is -0.629. The van der Waals surface area contributed by atoms with Gasteiger partial charge in [-0.15, -0.1) is 0 Å². The normalized spacial score (nSPS) is 10.6. The number of aromatic nitrogens is 3. The highest BCUT2D eigenvalue weighted by molar-refractivity contribution is 6.32. The number of nitriles is 1. The van der Waals surface area contributed by atoms with Crippen LogP contribution in [0.5, 0.6) is 0 Å². The first-order valence-electron chi connectivity index (χ1n) is 8.00. The van der Waals surface area contributed by atoms with Gasteiger partial charge in [0.15, 0.2) is 0 Å². The van der Waals surface area contributed by atoms with Crippen molar-refractivity contribution in [3.63, 3.8) is 0 Å². The lowest BCUT2D eigenvalue weighted by molar-refractivity contribution is 0.1000. The molecule has 136 valence electrons. The van der Waals surface area contributed by atoms with E-state index in [4.69, 9.17) is 34.2 Å². The molecular weight excluding hydrogens is 385 g/mol. The molecule has 27 heavy (non-hydrogen) atoms. The summed E-state index contributed by atoms with van der Waals surface area (Å²) >= 11 is 12.1. The van der Waals surface area contributed by atoms with E-state index in [1.807, 2.05) is 24.6 Å². The summed E-state index contributed by atoms with van der Waals surface area (Å²) in [6.45, 7) is 4.25. The van der Waals surface area contributed by atoms with Gasteiger partial charge >= 0.3 is 0 Å². The molecule has 1 aromatic carbocycles. The summed E-state index contributed by atoms with van der Waals surface area (Å²) in [6, 6.07) is 8.97. The maximum Gasteiger partial charge on any atom is 0.251 e. The zero-order valence-corrected chi connectivity index (χ0v) is 16.1. The van der Waals surface area contributed by atoms with Crippen molar-refractivity contribution in [1.82, 2.24) is 14.8 Å². The van der Waals surface area contributed by atoms with Gasteiger partial charge in [-0.3, -0.25) is 9.48 Å². The number of nitrogens with two attached hydrogens (primary N) is 1. The average Bonchev–Trinajstić information content (AvgIpc) is 2.89. The molecule has 0 unspecified atom stereocenters. The van der Waals surface area contributed by atoms with E-state index < -0.39 is 5.91 Å². The molecule has 0 aliphatic carbocycles. The van der Waals surface area contributed by atoms with Crippen LogP contribution in [0.1, 0.15) is 32.9 Å². The quantitative estimate of drug-likeness (QED) is 0.672. The molecule has 0 saturated heterocycles. The first-order chi connectivity index (χ1) is 12.8. The Balaban J connectivity index is 2.00. The van der Waals surface area contributed by atoms with E-state index in [-0.39, 0.29) is 10.7 Å². The van der Waals surface area contributed by atoms with E-state index in [1.165, 1.54) is 0 Å². The standard InChI is InChI=1S/C19H15Cl2N5O/c1-10-17(13-3-4-14(7-22)16(20)6-13)11(2)26(25-10)9-12-5-15(19(23)27)18(21)24-8-12/h3-6,8H,9H2,1-2H3,(H2,23,27). The molecule has 3 rings (SSSR count). The van der Waals surface area contributed by atoms with Crippen molar-refractivity contribution in [1.29, 1.82) is 5.26 Å². The van der Waals surface area contributed by atoms with Crippen molar-refractivity contribution in [2.24, 2.45) is 5.73 Å². The van der Waals surface area contributed by atoms with Crippen LogP contribution in [0.15, 0.2) is 30.5 Å². The van der Waals surface area contributed by atoms with Crippen LogP contribution >= 0.6 is 23.2 Å². The van der Waals surface area contributed by atoms with Crippen LogP contribution < -0.4 is 5.73 Å². The lowest BCUT2D eigenvalue weighted by Crippen LogP contribution is -2.13. The first-order valence-corrected chi connectivity index (χ1v) is 8.75. The Morgan fingerprint density at radius 2 is 2.04 bits per heavy atom. The van der Waals surface area contributed by atoms with Crippen molar-refractivity contribution in [2.75, 3.05) is 0 Å². The highest BCUT2D eigenvalue weighted by Crippen LogP contribution is 2.30. The fraction of sp³-hybridized carbons (Fsp3) is 0.158. The van der Waals surface area contributed by atoms with E-state index in [0.717, 1.165) is 28.1 Å². The molecule has 0 fully saturated rings. The summed E-state index contributed by atoms with van der Waals surface area (Å²) in [4.78, 5) is 15.5. The smallest absolute Gasteiger partial charge is 0.251 e. The van der Waals surface area contributed by atoms with Gasteiger partial charge in [0.05, 0.1) is 28.4 Å². The Labute approximate surface area is 166 Å². The van der Waals surface area contributed by atoms with Crippen LogP contribution in [0.25, 0.3) is 11.1 Å². The van der Waals surface area contributed by atoms with E-state index in [9.17, 15) is 4.79 Å². The number of primary amides is 1. The number of nitrogens with zero attached hydrogens (tertiary/aromatic N) is 4. The van der Waals surface area contributed by atoms with E-state index in [1.54, 1.807) is 24.4 Å². The van der Waals surface area contributed by atoms with Crippen LogP contribution in [-0.4, -0.2) is 20.7 Å². The SMILES string of the molecule is Cc1nn(Cc2cnc(Cl)c(C(N)=O)c2)c(C)c1-c1ccc(C#N)c(Cl)c1. The monoisotopic (exact) mass is 399 g/mol. The van der Waals surface area contributed by atoms with E-state index in [2.05, 4.69) is 16.2 Å². The third-order valence-corrected chi connectivity index (χ3v) is 4.87. The van der Waals surface area contributed by atoms with Gasteiger partial charge in [0.1, 0.15) is 11.2 Å². The molecule has 0 atom stereocenters.